The summed E-state index contributed by atoms with van der Waals surface area (Å²) in [5.74, 6) is 0. The first-order valence-electron chi connectivity index (χ1n) is 8.01. The van der Waals surface area contributed by atoms with Crippen LogP contribution in [0.25, 0.3) is 0 Å². The van der Waals surface area contributed by atoms with E-state index in [9.17, 15) is 0 Å². The molecule has 1 aliphatic rings. The van der Waals surface area contributed by atoms with Gasteiger partial charge >= 0.3 is 0 Å². The minimum atomic E-state index is 0. The smallest absolute Gasteiger partial charge is 0.0903 e. The molecule has 2 unspecified atom stereocenters. The molecule has 0 bridgehead atoms. The fourth-order valence-electron chi connectivity index (χ4n) is 2.48. The molecule has 0 heterocycles. The molecule has 4 nitrogen and oxygen atoms in total. The monoisotopic (exact) mass is 418 g/mol. The molecule has 2 N–H and O–H groups in total. The number of hydrogen-bond donors (Lipinski definition) is 2. The van der Waals surface area contributed by atoms with Crippen molar-refractivity contribution in [2.75, 3.05) is 53.4 Å². The van der Waals surface area contributed by atoms with E-state index in [0.29, 0.717) is 0 Å². The number of hydrogen-bond acceptors (Lipinski definition) is 4. The van der Waals surface area contributed by atoms with Gasteiger partial charge in [-0.1, -0.05) is 13.8 Å². The van der Waals surface area contributed by atoms with Gasteiger partial charge in [-0.2, -0.15) is 0 Å². The summed E-state index contributed by atoms with van der Waals surface area (Å²) in [5, 5.41) is 7.03. The summed E-state index contributed by atoms with van der Waals surface area (Å²) in [6.07, 6.45) is 3.86. The lowest BCUT2D eigenvalue weighted by atomic mass is 10.3. The molecule has 0 saturated heterocycles. The van der Waals surface area contributed by atoms with Gasteiger partial charge in [0.25, 0.3) is 0 Å². The molecule has 146 valence electrons. The highest BCUT2D eigenvalue weighted by Crippen LogP contribution is 2.26. The minimum Gasteiger partial charge on any atom is -0.317 e. The zero-order valence-corrected chi connectivity index (χ0v) is 18.8. The molecule has 0 radical (unpaired) electrons. The van der Waals surface area contributed by atoms with Crippen LogP contribution in [0, 0.1) is 49.6 Å². The minimum absolute atomic E-state index is 0. The largest absolute Gasteiger partial charge is 0.317 e. The lowest BCUT2D eigenvalue weighted by Crippen LogP contribution is -2.32. The first kappa shape index (κ1) is 31.7. The highest BCUT2D eigenvalue weighted by Gasteiger charge is 2.39. The highest BCUT2D eigenvalue weighted by atomic mass is 35.5. The van der Waals surface area contributed by atoms with Gasteiger partial charge < -0.3 is 20.4 Å². The van der Waals surface area contributed by atoms with Crippen molar-refractivity contribution in [3.05, 3.63) is 0 Å². The maximum atomic E-state index is 3.66. The molecule has 0 aromatic rings. The average Bonchev–Trinajstić information content (AvgIpc) is 3.17. The quantitative estimate of drug-likeness (QED) is 0.391. The van der Waals surface area contributed by atoms with Crippen molar-refractivity contribution in [3.63, 3.8) is 0 Å². The first-order chi connectivity index (χ1) is 9.19. The van der Waals surface area contributed by atoms with Crippen molar-refractivity contribution in [1.29, 1.82) is 0 Å². The second-order valence-corrected chi connectivity index (χ2v) is 5.80. The third kappa shape index (κ3) is 15.0. The van der Waals surface area contributed by atoms with Crippen LogP contribution >= 0.6 is 0 Å². The van der Waals surface area contributed by atoms with Crippen LogP contribution in [-0.2, 0) is 0 Å². The van der Waals surface area contributed by atoms with E-state index in [2.05, 4.69) is 48.4 Å². The topological polar surface area (TPSA) is 30.5 Å². The lowest BCUT2D eigenvalue weighted by molar-refractivity contribution is -0.00100. The highest BCUT2D eigenvalue weighted by molar-refractivity contribution is 5.00. The van der Waals surface area contributed by atoms with Crippen LogP contribution in [-0.4, -0.2) is 75.2 Å². The van der Waals surface area contributed by atoms with Gasteiger partial charge in [0.1, 0.15) is 0 Å². The molecule has 0 aromatic heterocycles. The first-order valence-corrected chi connectivity index (χ1v) is 8.01. The van der Waals surface area contributed by atoms with E-state index in [-0.39, 0.29) is 49.6 Å². The molecule has 1 rings (SSSR count). The van der Waals surface area contributed by atoms with E-state index in [4.69, 9.17) is 0 Å². The maximum absolute atomic E-state index is 3.66. The number of rotatable bonds is 12. The van der Waals surface area contributed by atoms with E-state index < -0.39 is 0 Å². The van der Waals surface area contributed by atoms with Crippen molar-refractivity contribution in [3.8, 4) is 0 Å². The number of halogens is 4. The zero-order chi connectivity index (χ0) is 14.1. The fraction of sp³-hybridized carbons (Fsp3) is 1.00. The molecule has 0 amide bonds. The third-order valence-electron chi connectivity index (χ3n) is 4.10. The van der Waals surface area contributed by atoms with Crippen LogP contribution in [0.2, 0.25) is 0 Å². The molecule has 0 spiro atoms. The molecule has 1 aliphatic carbocycles. The zero-order valence-electron chi connectivity index (χ0n) is 15.2. The Hall–Kier alpha value is 1.00. The molecule has 23 heavy (non-hydrogen) atoms. The Bertz CT molecular complexity index is 238. The Morgan fingerprint density at radius 2 is 1.57 bits per heavy atom. The Morgan fingerprint density at radius 1 is 0.913 bits per heavy atom. The van der Waals surface area contributed by atoms with Crippen LogP contribution in [0.3, 0.4) is 0 Å². The number of nitrogens with one attached hydrogen (secondary N) is 2. The molecule has 1 saturated carbocycles. The Labute approximate surface area is 168 Å². The van der Waals surface area contributed by atoms with Crippen LogP contribution in [0.4, 0.5) is 0 Å². The normalized spacial score (nSPS) is 18.5. The van der Waals surface area contributed by atoms with Crippen molar-refractivity contribution < 1.29 is 49.6 Å². The predicted octanol–water partition coefficient (Wildman–Crippen LogP) is -1.15. The Morgan fingerprint density at radius 3 is 2.13 bits per heavy atom. The predicted molar refractivity (Wildman–Crippen MR) is 94.9 cm³/mol. The van der Waals surface area contributed by atoms with E-state index >= 15 is 0 Å². The molecule has 0 aliphatic heterocycles. The summed E-state index contributed by atoms with van der Waals surface area (Å²) in [4.78, 5) is 4.92. The SMILES string of the molecule is CCNCCCNC1CC1N(C)CCCN(C)CC.[ClH2+].[ClH2+].[ClH2+].[ClH2+]. The van der Waals surface area contributed by atoms with Crippen LogP contribution in [0.1, 0.15) is 33.1 Å². The summed E-state index contributed by atoms with van der Waals surface area (Å²) in [6.45, 7) is 11.4. The van der Waals surface area contributed by atoms with Gasteiger partial charge in [0.15, 0.2) is 0 Å². The van der Waals surface area contributed by atoms with Crippen LogP contribution in [0.15, 0.2) is 0 Å². The van der Waals surface area contributed by atoms with Gasteiger partial charge in [-0.25, -0.2) is 0 Å². The van der Waals surface area contributed by atoms with Gasteiger partial charge in [0, 0.05) is 12.1 Å². The van der Waals surface area contributed by atoms with E-state index in [1.165, 1.54) is 32.4 Å². The molecule has 1 fully saturated rings. The lowest BCUT2D eigenvalue weighted by Gasteiger charge is -2.19. The molecule has 8 heteroatoms. The Balaban J connectivity index is -0.000000451. The second kappa shape index (κ2) is 19.3. The summed E-state index contributed by atoms with van der Waals surface area (Å²) in [7, 11) is 4.47. The third-order valence-corrected chi connectivity index (χ3v) is 4.10. The van der Waals surface area contributed by atoms with Gasteiger partial charge in [-0.15, -0.1) is 0 Å². The summed E-state index contributed by atoms with van der Waals surface area (Å²) in [6, 6.07) is 1.53. The van der Waals surface area contributed by atoms with Gasteiger partial charge in [-0.05, 0) is 72.6 Å². The Kier molecular flexibility index (Phi) is 26.7. The van der Waals surface area contributed by atoms with Crippen molar-refractivity contribution in [2.45, 2.75) is 45.2 Å². The number of likely N-dealkylation sites (N-methyl/N-ethyl adjacent to an activating group) is 1. The van der Waals surface area contributed by atoms with E-state index in [0.717, 1.165) is 38.3 Å². The van der Waals surface area contributed by atoms with E-state index in [1.54, 1.807) is 0 Å². The second-order valence-electron chi connectivity index (χ2n) is 5.80. The van der Waals surface area contributed by atoms with Crippen LogP contribution < -0.4 is 10.6 Å². The van der Waals surface area contributed by atoms with Gasteiger partial charge in [0.05, 0.1) is 49.6 Å². The summed E-state index contributed by atoms with van der Waals surface area (Å²) < 4.78 is 0. The van der Waals surface area contributed by atoms with E-state index in [1.807, 2.05) is 0 Å². The van der Waals surface area contributed by atoms with Crippen LogP contribution in [0.5, 0.6) is 0 Å². The van der Waals surface area contributed by atoms with Crippen molar-refractivity contribution >= 4 is 0 Å². The fourth-order valence-corrected chi connectivity index (χ4v) is 2.48. The standard InChI is InChI=1S/C15H34N4.4ClH2/c1-5-16-9-7-10-17-14-13-15(14)19(4)12-8-11-18(3)6-2;;;;/h14-17H,5-13H2,1-4H3;4*1H2/q;4*+1. The molecule has 0 aromatic carbocycles. The van der Waals surface area contributed by atoms with Gasteiger partial charge in [0.2, 0.25) is 0 Å². The summed E-state index contributed by atoms with van der Waals surface area (Å²) >= 11 is 0. The van der Waals surface area contributed by atoms with Crippen molar-refractivity contribution in [1.82, 2.24) is 20.4 Å². The summed E-state index contributed by atoms with van der Waals surface area (Å²) in [5.41, 5.74) is 0. The maximum Gasteiger partial charge on any atom is 0.0903 e. The average molecular weight is 420 g/mol. The van der Waals surface area contributed by atoms with Gasteiger partial charge in [-0.3, -0.25) is 0 Å². The molecular formula is C15H42Cl4N4+4. The number of nitrogens with zero attached hydrogens (tertiary/aromatic N) is 2. The molecular weight excluding hydrogens is 378 g/mol. The van der Waals surface area contributed by atoms with Crippen molar-refractivity contribution in [2.24, 2.45) is 0 Å². The molecule has 2 atom stereocenters.